The third-order valence-electron chi connectivity index (χ3n) is 4.74. The Morgan fingerprint density at radius 1 is 1.15 bits per heavy atom. The van der Waals surface area contributed by atoms with Crippen molar-refractivity contribution in [2.24, 2.45) is 0 Å². The topological polar surface area (TPSA) is 60.3 Å². The van der Waals surface area contributed by atoms with E-state index in [9.17, 15) is 0 Å². The predicted molar refractivity (Wildman–Crippen MR) is 78.6 cm³/mol. The fraction of sp³-hybridized carbons (Fsp3) is 0.500. The molecule has 1 aromatic heterocycles. The molecule has 0 atom stereocenters. The third kappa shape index (κ3) is 1.91. The van der Waals surface area contributed by atoms with Crippen molar-refractivity contribution in [2.75, 3.05) is 18.9 Å². The lowest BCUT2D eigenvalue weighted by molar-refractivity contribution is -0.178. The molecule has 20 heavy (non-hydrogen) atoms. The van der Waals surface area contributed by atoms with Gasteiger partial charge >= 0.3 is 0 Å². The number of H-pyrrole nitrogens is 1. The van der Waals surface area contributed by atoms with Crippen molar-refractivity contribution in [1.29, 1.82) is 0 Å². The summed E-state index contributed by atoms with van der Waals surface area (Å²) >= 11 is 0. The summed E-state index contributed by atoms with van der Waals surface area (Å²) in [5.41, 5.74) is 9.31. The smallest absolute Gasteiger partial charge is 0.168 e. The molecular weight excluding hydrogens is 252 g/mol. The van der Waals surface area contributed by atoms with Crippen LogP contribution in [0.15, 0.2) is 24.4 Å². The quantitative estimate of drug-likeness (QED) is 0.784. The van der Waals surface area contributed by atoms with Crippen molar-refractivity contribution in [2.45, 2.75) is 37.4 Å². The van der Waals surface area contributed by atoms with Crippen LogP contribution in [0.3, 0.4) is 0 Å². The van der Waals surface area contributed by atoms with Crippen LogP contribution < -0.4 is 5.73 Å². The summed E-state index contributed by atoms with van der Waals surface area (Å²) in [5.74, 6) is 0.297. The summed E-state index contributed by atoms with van der Waals surface area (Å²) < 4.78 is 11.6. The van der Waals surface area contributed by atoms with Gasteiger partial charge in [0.15, 0.2) is 5.79 Å². The molecule has 0 bridgehead atoms. The van der Waals surface area contributed by atoms with Crippen molar-refractivity contribution in [3.8, 4) is 0 Å². The van der Waals surface area contributed by atoms with Gasteiger partial charge in [-0.25, -0.2) is 0 Å². The monoisotopic (exact) mass is 272 g/mol. The minimum Gasteiger partial charge on any atom is -0.399 e. The Bertz CT molecular complexity index is 618. The van der Waals surface area contributed by atoms with Crippen LogP contribution in [-0.4, -0.2) is 24.0 Å². The molecule has 1 aliphatic carbocycles. The summed E-state index contributed by atoms with van der Waals surface area (Å²) in [4.78, 5) is 3.36. The minimum absolute atomic E-state index is 0.276. The number of ether oxygens (including phenoxy) is 2. The van der Waals surface area contributed by atoms with Gasteiger partial charge in [0.1, 0.15) is 0 Å². The highest BCUT2D eigenvalue weighted by Gasteiger charge is 2.40. The maximum Gasteiger partial charge on any atom is 0.168 e. The van der Waals surface area contributed by atoms with E-state index in [-0.39, 0.29) is 5.79 Å². The molecule has 3 N–H and O–H groups in total. The number of benzene rings is 1. The second-order valence-corrected chi connectivity index (χ2v) is 5.93. The van der Waals surface area contributed by atoms with Crippen LogP contribution in [0.4, 0.5) is 5.69 Å². The molecule has 1 saturated heterocycles. The second kappa shape index (κ2) is 4.50. The van der Waals surface area contributed by atoms with E-state index in [1.54, 1.807) is 0 Å². The summed E-state index contributed by atoms with van der Waals surface area (Å²) in [6.45, 7) is 1.49. The van der Waals surface area contributed by atoms with Crippen molar-refractivity contribution in [3.05, 3.63) is 30.0 Å². The molecule has 4 heteroatoms. The number of nitrogens with two attached hydrogens (primary N) is 1. The molecule has 4 nitrogen and oxygen atoms in total. The van der Waals surface area contributed by atoms with Gasteiger partial charge in [0.05, 0.1) is 13.2 Å². The first-order valence-corrected chi connectivity index (χ1v) is 7.40. The average molecular weight is 272 g/mol. The Hall–Kier alpha value is -1.52. The maximum atomic E-state index is 5.92. The molecule has 0 radical (unpaired) electrons. The Morgan fingerprint density at radius 2 is 1.90 bits per heavy atom. The van der Waals surface area contributed by atoms with E-state index in [0.717, 1.165) is 44.6 Å². The van der Waals surface area contributed by atoms with Crippen LogP contribution in [0.5, 0.6) is 0 Å². The zero-order valence-electron chi connectivity index (χ0n) is 11.5. The van der Waals surface area contributed by atoms with E-state index < -0.39 is 0 Å². The number of hydrogen-bond acceptors (Lipinski definition) is 3. The molecule has 4 rings (SSSR count). The Kier molecular flexibility index (Phi) is 2.75. The SMILES string of the molecule is Nc1ccc2[nH]cc(C3CCC4(CC3)OCCO4)c2c1. The Morgan fingerprint density at radius 3 is 2.65 bits per heavy atom. The van der Waals surface area contributed by atoms with E-state index in [4.69, 9.17) is 15.2 Å². The van der Waals surface area contributed by atoms with Crippen molar-refractivity contribution in [3.63, 3.8) is 0 Å². The van der Waals surface area contributed by atoms with Gasteiger partial charge in [-0.3, -0.25) is 0 Å². The van der Waals surface area contributed by atoms with Gasteiger partial charge < -0.3 is 20.2 Å². The van der Waals surface area contributed by atoms with Gasteiger partial charge in [0.25, 0.3) is 0 Å². The lowest BCUT2D eigenvalue weighted by Gasteiger charge is -2.35. The number of rotatable bonds is 1. The second-order valence-electron chi connectivity index (χ2n) is 5.93. The molecular formula is C16H20N2O2. The molecule has 1 aliphatic heterocycles. The van der Waals surface area contributed by atoms with Gasteiger partial charge in [0, 0.05) is 35.6 Å². The standard InChI is InChI=1S/C16H20N2O2/c17-12-1-2-15-13(9-12)14(10-18-15)11-3-5-16(6-4-11)19-7-8-20-16/h1-2,9-11,18H,3-8,17H2. The van der Waals surface area contributed by atoms with E-state index in [2.05, 4.69) is 23.3 Å². The first-order valence-electron chi connectivity index (χ1n) is 7.40. The number of nitrogens with one attached hydrogen (secondary N) is 1. The molecule has 1 saturated carbocycles. The van der Waals surface area contributed by atoms with E-state index in [1.165, 1.54) is 16.5 Å². The molecule has 0 unspecified atom stereocenters. The molecule has 2 fully saturated rings. The molecule has 1 spiro atoms. The van der Waals surface area contributed by atoms with Crippen molar-refractivity contribution < 1.29 is 9.47 Å². The van der Waals surface area contributed by atoms with Gasteiger partial charge in [-0.1, -0.05) is 0 Å². The first kappa shape index (κ1) is 12.2. The van der Waals surface area contributed by atoms with Gasteiger partial charge in [-0.05, 0) is 42.5 Å². The first-order chi connectivity index (χ1) is 9.76. The molecule has 2 heterocycles. The highest BCUT2D eigenvalue weighted by atomic mass is 16.7. The number of nitrogen functional groups attached to an aromatic ring is 1. The number of anilines is 1. The van der Waals surface area contributed by atoms with Crippen LogP contribution in [0, 0.1) is 0 Å². The van der Waals surface area contributed by atoms with Gasteiger partial charge in [-0.15, -0.1) is 0 Å². The summed E-state index contributed by atoms with van der Waals surface area (Å²) in [7, 11) is 0. The zero-order valence-corrected chi connectivity index (χ0v) is 11.5. The van der Waals surface area contributed by atoms with Crippen LogP contribution in [0.1, 0.15) is 37.2 Å². The molecule has 2 aromatic rings. The lowest BCUT2D eigenvalue weighted by Crippen LogP contribution is -2.34. The maximum absolute atomic E-state index is 5.92. The average Bonchev–Trinajstić information content (AvgIpc) is 3.07. The summed E-state index contributed by atoms with van der Waals surface area (Å²) in [5, 5.41) is 1.26. The van der Waals surface area contributed by atoms with Crippen molar-refractivity contribution in [1.82, 2.24) is 4.98 Å². The lowest BCUT2D eigenvalue weighted by atomic mass is 9.81. The molecule has 0 amide bonds. The fourth-order valence-corrected chi connectivity index (χ4v) is 3.65. The van der Waals surface area contributed by atoms with Crippen LogP contribution >= 0.6 is 0 Å². The van der Waals surface area contributed by atoms with Crippen LogP contribution in [0.2, 0.25) is 0 Å². The highest BCUT2D eigenvalue weighted by molar-refractivity contribution is 5.86. The summed E-state index contributed by atoms with van der Waals surface area (Å²) in [6, 6.07) is 6.08. The number of aromatic nitrogens is 1. The minimum atomic E-state index is -0.276. The van der Waals surface area contributed by atoms with Gasteiger partial charge in [-0.2, -0.15) is 0 Å². The Labute approximate surface area is 118 Å². The molecule has 1 aromatic carbocycles. The van der Waals surface area contributed by atoms with E-state index >= 15 is 0 Å². The third-order valence-corrected chi connectivity index (χ3v) is 4.74. The Balaban J connectivity index is 1.60. The molecule has 106 valence electrons. The normalized spacial score (nSPS) is 22.8. The van der Waals surface area contributed by atoms with Crippen molar-refractivity contribution >= 4 is 16.6 Å². The summed E-state index contributed by atoms with van der Waals surface area (Å²) in [6.07, 6.45) is 6.35. The predicted octanol–water partition coefficient (Wildman–Crippen LogP) is 3.15. The zero-order chi connectivity index (χ0) is 13.6. The number of aromatic amines is 1. The number of fused-ring (bicyclic) bond motifs is 1. The van der Waals surface area contributed by atoms with Crippen LogP contribution in [-0.2, 0) is 9.47 Å². The van der Waals surface area contributed by atoms with Crippen LogP contribution in [0.25, 0.3) is 10.9 Å². The highest BCUT2D eigenvalue weighted by Crippen LogP contribution is 2.43. The largest absolute Gasteiger partial charge is 0.399 e. The number of hydrogen-bond donors (Lipinski definition) is 2. The van der Waals surface area contributed by atoms with Gasteiger partial charge in [0.2, 0.25) is 0 Å². The fourth-order valence-electron chi connectivity index (χ4n) is 3.65. The molecule has 2 aliphatic rings. The van der Waals surface area contributed by atoms with E-state index in [0.29, 0.717) is 5.92 Å². The van der Waals surface area contributed by atoms with E-state index in [1.807, 2.05) is 6.07 Å².